The van der Waals surface area contributed by atoms with Crippen LogP contribution >= 0.6 is 11.6 Å². The number of para-hydroxylation sites is 1. The molecule has 2 aromatic rings. The molecule has 0 saturated carbocycles. The molecule has 0 bridgehead atoms. The minimum absolute atomic E-state index is 0.0681. The maximum atomic E-state index is 12.7. The highest BCUT2D eigenvalue weighted by Gasteiger charge is 2.19. The van der Waals surface area contributed by atoms with Crippen molar-refractivity contribution in [1.29, 1.82) is 0 Å². The third-order valence-corrected chi connectivity index (χ3v) is 4.25. The molecule has 0 aliphatic carbocycles. The molecule has 0 unspecified atom stereocenters. The highest BCUT2D eigenvalue weighted by atomic mass is 35.5. The molecule has 0 saturated heterocycles. The van der Waals surface area contributed by atoms with E-state index < -0.39 is 0 Å². The quantitative estimate of drug-likeness (QED) is 0.755. The highest BCUT2D eigenvalue weighted by molar-refractivity contribution is 6.30. The molecule has 0 spiro atoms. The van der Waals surface area contributed by atoms with Crippen LogP contribution in [-0.4, -0.2) is 36.3 Å². The SMILES string of the molecule is CCN(C(=O)CN(CCc1cccc(Cl)c1)C(C)=O)c1ccccc1. The molecule has 0 aromatic heterocycles. The topological polar surface area (TPSA) is 40.6 Å². The minimum atomic E-state index is -0.112. The number of halogens is 1. The Hall–Kier alpha value is -2.33. The van der Waals surface area contributed by atoms with Crippen molar-refractivity contribution in [2.45, 2.75) is 20.3 Å². The van der Waals surface area contributed by atoms with Gasteiger partial charge in [0.25, 0.3) is 0 Å². The molecule has 0 heterocycles. The standard InChI is InChI=1S/C20H23ClN2O2/c1-3-23(19-10-5-4-6-11-19)20(25)15-22(16(2)24)13-12-17-8-7-9-18(21)14-17/h4-11,14H,3,12-13,15H2,1-2H3. The number of rotatable bonds is 7. The van der Waals surface area contributed by atoms with Gasteiger partial charge in [-0.25, -0.2) is 0 Å². The summed E-state index contributed by atoms with van der Waals surface area (Å²) in [5.41, 5.74) is 1.88. The van der Waals surface area contributed by atoms with E-state index in [0.29, 0.717) is 24.5 Å². The highest BCUT2D eigenvalue weighted by Crippen LogP contribution is 2.14. The Kier molecular flexibility index (Phi) is 7.02. The van der Waals surface area contributed by atoms with Gasteiger partial charge in [-0.1, -0.05) is 41.9 Å². The molecular formula is C20H23ClN2O2. The van der Waals surface area contributed by atoms with Crippen molar-refractivity contribution in [1.82, 2.24) is 4.90 Å². The summed E-state index contributed by atoms with van der Waals surface area (Å²) in [6.45, 7) is 4.52. The number of nitrogens with zero attached hydrogens (tertiary/aromatic N) is 2. The van der Waals surface area contributed by atoms with Gasteiger partial charge in [0.05, 0.1) is 0 Å². The maximum Gasteiger partial charge on any atom is 0.246 e. The van der Waals surface area contributed by atoms with Crippen LogP contribution in [-0.2, 0) is 16.0 Å². The van der Waals surface area contributed by atoms with Crippen LogP contribution in [0.5, 0.6) is 0 Å². The molecule has 5 heteroatoms. The van der Waals surface area contributed by atoms with E-state index in [4.69, 9.17) is 11.6 Å². The van der Waals surface area contributed by atoms with Crippen molar-refractivity contribution in [2.75, 3.05) is 24.5 Å². The van der Waals surface area contributed by atoms with Crippen LogP contribution in [0.15, 0.2) is 54.6 Å². The number of likely N-dealkylation sites (N-methyl/N-ethyl adjacent to an activating group) is 1. The smallest absolute Gasteiger partial charge is 0.246 e. The van der Waals surface area contributed by atoms with Gasteiger partial charge in [-0.2, -0.15) is 0 Å². The van der Waals surface area contributed by atoms with Gasteiger partial charge >= 0.3 is 0 Å². The van der Waals surface area contributed by atoms with Gasteiger partial charge < -0.3 is 9.80 Å². The maximum absolute atomic E-state index is 12.7. The predicted molar refractivity (Wildman–Crippen MR) is 102 cm³/mol. The predicted octanol–water partition coefficient (Wildman–Crippen LogP) is 3.78. The third kappa shape index (κ3) is 5.61. The molecule has 0 aliphatic rings. The van der Waals surface area contributed by atoms with Gasteiger partial charge in [-0.15, -0.1) is 0 Å². The number of hydrogen-bond acceptors (Lipinski definition) is 2. The second kappa shape index (κ2) is 9.23. The van der Waals surface area contributed by atoms with E-state index in [0.717, 1.165) is 11.3 Å². The first kappa shape index (κ1) is 19.0. The fraction of sp³-hybridized carbons (Fsp3) is 0.300. The third-order valence-electron chi connectivity index (χ3n) is 4.02. The van der Waals surface area contributed by atoms with E-state index in [1.165, 1.54) is 6.92 Å². The number of amides is 2. The van der Waals surface area contributed by atoms with E-state index in [1.54, 1.807) is 9.80 Å². The van der Waals surface area contributed by atoms with E-state index >= 15 is 0 Å². The van der Waals surface area contributed by atoms with Crippen LogP contribution in [0.4, 0.5) is 5.69 Å². The summed E-state index contributed by atoms with van der Waals surface area (Å²) in [5, 5.41) is 0.671. The Balaban J connectivity index is 2.02. The van der Waals surface area contributed by atoms with Crippen molar-refractivity contribution < 1.29 is 9.59 Å². The summed E-state index contributed by atoms with van der Waals surface area (Å²) < 4.78 is 0. The molecule has 0 fully saturated rings. The van der Waals surface area contributed by atoms with E-state index in [1.807, 2.05) is 61.5 Å². The van der Waals surface area contributed by atoms with Gasteiger partial charge in [0, 0.05) is 30.7 Å². The average molecular weight is 359 g/mol. The second-order valence-corrected chi connectivity index (χ2v) is 6.23. The van der Waals surface area contributed by atoms with Crippen molar-refractivity contribution in [3.8, 4) is 0 Å². The van der Waals surface area contributed by atoms with Crippen molar-refractivity contribution in [3.05, 3.63) is 65.2 Å². The Morgan fingerprint density at radius 3 is 2.36 bits per heavy atom. The zero-order valence-electron chi connectivity index (χ0n) is 14.6. The number of benzene rings is 2. The summed E-state index contributed by atoms with van der Waals surface area (Å²) >= 11 is 5.99. The summed E-state index contributed by atoms with van der Waals surface area (Å²) in [6.07, 6.45) is 0.658. The zero-order valence-corrected chi connectivity index (χ0v) is 15.4. The van der Waals surface area contributed by atoms with Crippen LogP contribution in [0.3, 0.4) is 0 Å². The molecule has 132 valence electrons. The molecule has 0 atom stereocenters. The van der Waals surface area contributed by atoms with Crippen molar-refractivity contribution in [3.63, 3.8) is 0 Å². The Morgan fingerprint density at radius 2 is 1.76 bits per heavy atom. The molecule has 2 aromatic carbocycles. The second-order valence-electron chi connectivity index (χ2n) is 5.79. The molecule has 2 amide bonds. The average Bonchev–Trinajstić information content (AvgIpc) is 2.60. The lowest BCUT2D eigenvalue weighted by Crippen LogP contribution is -2.43. The summed E-state index contributed by atoms with van der Waals surface area (Å²) in [4.78, 5) is 27.9. The van der Waals surface area contributed by atoms with Gasteiger partial charge in [0.15, 0.2) is 0 Å². The number of anilines is 1. The van der Waals surface area contributed by atoms with Gasteiger partial charge in [0.2, 0.25) is 11.8 Å². The van der Waals surface area contributed by atoms with Crippen LogP contribution < -0.4 is 4.90 Å². The Morgan fingerprint density at radius 1 is 1.04 bits per heavy atom. The van der Waals surface area contributed by atoms with E-state index in [9.17, 15) is 9.59 Å². The lowest BCUT2D eigenvalue weighted by atomic mass is 10.1. The zero-order chi connectivity index (χ0) is 18.2. The molecule has 0 aliphatic heterocycles. The first-order valence-corrected chi connectivity index (χ1v) is 8.74. The minimum Gasteiger partial charge on any atom is -0.333 e. The van der Waals surface area contributed by atoms with Crippen LogP contribution in [0, 0.1) is 0 Å². The summed E-state index contributed by atoms with van der Waals surface area (Å²) in [6, 6.07) is 17.0. The van der Waals surface area contributed by atoms with Crippen LogP contribution in [0.25, 0.3) is 0 Å². The van der Waals surface area contributed by atoms with Crippen LogP contribution in [0.1, 0.15) is 19.4 Å². The lowest BCUT2D eigenvalue weighted by molar-refractivity contribution is -0.133. The summed E-state index contributed by atoms with van der Waals surface area (Å²) in [5.74, 6) is -0.200. The lowest BCUT2D eigenvalue weighted by Gasteiger charge is -2.26. The van der Waals surface area contributed by atoms with E-state index in [-0.39, 0.29) is 18.4 Å². The van der Waals surface area contributed by atoms with Crippen LogP contribution in [0.2, 0.25) is 5.02 Å². The first-order chi connectivity index (χ1) is 12.0. The molecule has 2 rings (SSSR count). The monoisotopic (exact) mass is 358 g/mol. The number of carbonyl (C=O) groups is 2. The normalized spacial score (nSPS) is 10.4. The Labute approximate surface area is 154 Å². The molecular weight excluding hydrogens is 336 g/mol. The van der Waals surface area contributed by atoms with Gasteiger partial charge in [-0.05, 0) is 43.2 Å². The fourth-order valence-electron chi connectivity index (χ4n) is 2.66. The largest absolute Gasteiger partial charge is 0.333 e. The number of carbonyl (C=O) groups excluding carboxylic acids is 2. The molecule has 0 N–H and O–H groups in total. The summed E-state index contributed by atoms with van der Waals surface area (Å²) in [7, 11) is 0. The van der Waals surface area contributed by atoms with Crippen molar-refractivity contribution in [2.24, 2.45) is 0 Å². The molecule has 4 nitrogen and oxygen atoms in total. The fourth-order valence-corrected chi connectivity index (χ4v) is 2.88. The number of hydrogen-bond donors (Lipinski definition) is 0. The van der Waals surface area contributed by atoms with Crippen molar-refractivity contribution >= 4 is 29.1 Å². The first-order valence-electron chi connectivity index (χ1n) is 8.36. The van der Waals surface area contributed by atoms with Gasteiger partial charge in [0.1, 0.15) is 6.54 Å². The molecule has 25 heavy (non-hydrogen) atoms. The van der Waals surface area contributed by atoms with E-state index in [2.05, 4.69) is 0 Å². The molecule has 0 radical (unpaired) electrons. The van der Waals surface area contributed by atoms with Gasteiger partial charge in [-0.3, -0.25) is 9.59 Å². The Bertz CT molecular complexity index is 719.